The van der Waals surface area contributed by atoms with Crippen LogP contribution in [0.25, 0.3) is 0 Å². The van der Waals surface area contributed by atoms with E-state index in [1.807, 2.05) is 62.4 Å². The van der Waals surface area contributed by atoms with Gasteiger partial charge < -0.3 is 4.99 Å². The van der Waals surface area contributed by atoms with Crippen molar-refractivity contribution >= 4 is 41.5 Å². The summed E-state index contributed by atoms with van der Waals surface area (Å²) >= 11 is 0. The third-order valence-electron chi connectivity index (χ3n) is 6.01. The van der Waals surface area contributed by atoms with E-state index in [0.29, 0.717) is 5.56 Å². The molecule has 0 radical (unpaired) electrons. The number of carbonyl (C=O) groups excluding carboxylic acids is 1. The third kappa shape index (κ3) is 8.82. The van der Waals surface area contributed by atoms with Gasteiger partial charge in [0.25, 0.3) is 0 Å². The van der Waals surface area contributed by atoms with E-state index in [1.54, 1.807) is 0 Å². The fourth-order valence-corrected chi connectivity index (χ4v) is 6.38. The average Bonchev–Trinajstić information content (AvgIpc) is 2.97. The maximum atomic E-state index is 11.9. The van der Waals surface area contributed by atoms with Gasteiger partial charge in [-0.2, -0.15) is 6.21 Å². The van der Waals surface area contributed by atoms with Crippen molar-refractivity contribution in [1.82, 2.24) is 0 Å². The zero-order valence-corrected chi connectivity index (χ0v) is 25.2. The monoisotopic (exact) mass is 709 g/mol. The van der Waals surface area contributed by atoms with E-state index in [0.717, 1.165) is 16.8 Å². The molecule has 0 N–H and O–H groups in total. The Bertz CT molecular complexity index is 1340. The number of hydrogen-bond donors (Lipinski definition) is 0. The summed E-state index contributed by atoms with van der Waals surface area (Å²) in [5.41, 5.74) is 3.80. The molecule has 198 valence electrons. The largest absolute Gasteiger partial charge is 1.00 e. The molecule has 0 saturated carbocycles. The number of ketones is 1. The number of Topliss-reactive ketones (excluding diaryl/α,β-unsaturated/α-hetero) is 1. The number of benzene rings is 5. The number of para-hydroxylation sites is 1. The number of aliphatic imine (C=N–C) groups is 1. The van der Waals surface area contributed by atoms with Crippen molar-refractivity contribution < 1.29 is 27.2 Å². The molecule has 0 unspecified atom stereocenters. The van der Waals surface area contributed by atoms with Crippen LogP contribution in [0.15, 0.2) is 145 Å². The molecule has 5 rings (SSSR count). The Morgan fingerprint density at radius 3 is 1.38 bits per heavy atom. The molecule has 5 aromatic carbocycles. The van der Waals surface area contributed by atoms with Crippen molar-refractivity contribution in [3.05, 3.63) is 156 Å². The summed E-state index contributed by atoms with van der Waals surface area (Å²) in [5.74, 6) is 0.0376. The summed E-state index contributed by atoms with van der Waals surface area (Å²) in [6.45, 7) is 4.01. The van der Waals surface area contributed by atoms with Crippen molar-refractivity contribution in [3.8, 4) is 0 Å². The molecule has 0 spiro atoms. The number of aryl methyl sites for hydroxylation is 2. The first-order valence-corrected chi connectivity index (χ1v) is 14.0. The van der Waals surface area contributed by atoms with Crippen LogP contribution in [-0.4, -0.2) is 12.0 Å². The topological polar surface area (TPSA) is 29.4 Å². The van der Waals surface area contributed by atoms with Gasteiger partial charge in [-0.1, -0.05) is 159 Å². The van der Waals surface area contributed by atoms with E-state index in [4.69, 9.17) is 0 Å². The van der Waals surface area contributed by atoms with Crippen LogP contribution < -0.4 is 15.9 Å². The second kappa shape index (κ2) is 15.9. The van der Waals surface area contributed by atoms with Crippen LogP contribution in [0.4, 0.5) is 5.69 Å². The Kier molecular flexibility index (Phi) is 12.3. The van der Waals surface area contributed by atoms with Gasteiger partial charge in [-0.3, -0.25) is 4.79 Å². The minimum atomic E-state index is -0.446. The van der Waals surface area contributed by atoms with Crippen LogP contribution in [0, 0.1) is 13.8 Å². The molecule has 0 fully saturated rings. The van der Waals surface area contributed by atoms with Crippen molar-refractivity contribution in [2.24, 2.45) is 4.99 Å². The smallest absolute Gasteiger partial charge is 0.455 e. The maximum Gasteiger partial charge on any atom is 1.00 e. The van der Waals surface area contributed by atoms with Crippen LogP contribution in [0.1, 0.15) is 27.9 Å². The van der Waals surface area contributed by atoms with Crippen LogP contribution in [-0.2, 0) is 22.4 Å². The van der Waals surface area contributed by atoms with E-state index in [9.17, 15) is 4.79 Å². The van der Waals surface area contributed by atoms with E-state index in [2.05, 4.69) is 102 Å². The van der Waals surface area contributed by atoms with E-state index in [1.165, 1.54) is 15.9 Å². The van der Waals surface area contributed by atoms with Gasteiger partial charge in [0.1, 0.15) is 0 Å². The molecule has 0 aliphatic rings. The molecule has 0 saturated heterocycles. The first-order valence-electron chi connectivity index (χ1n) is 12.7. The summed E-state index contributed by atoms with van der Waals surface area (Å²) in [7, 11) is -0.446. The van der Waals surface area contributed by atoms with Gasteiger partial charge in [0.2, 0.25) is 0 Å². The van der Waals surface area contributed by atoms with E-state index in [-0.39, 0.29) is 34.6 Å². The zero-order valence-electron chi connectivity index (χ0n) is 22.1. The van der Waals surface area contributed by atoms with Crippen LogP contribution in [0.3, 0.4) is 0 Å². The minimum Gasteiger partial charge on any atom is -0.455 e. The molecule has 4 heteroatoms. The first-order chi connectivity index (χ1) is 18.6. The molecule has 0 atom stereocenters. The molecule has 0 amide bonds. The summed E-state index contributed by atoms with van der Waals surface area (Å²) in [6, 6.07) is 47.6. The normalized spacial score (nSPS) is 10.4. The van der Waals surface area contributed by atoms with Gasteiger partial charge in [-0.15, -0.1) is 11.1 Å². The van der Waals surface area contributed by atoms with Crippen LogP contribution >= 0.6 is 7.92 Å². The van der Waals surface area contributed by atoms with Gasteiger partial charge in [-0.25, -0.2) is 0 Å². The van der Waals surface area contributed by atoms with Gasteiger partial charge in [0.05, 0.1) is 0 Å². The first kappa shape index (κ1) is 30.2. The van der Waals surface area contributed by atoms with Crippen molar-refractivity contribution in [1.29, 1.82) is 0 Å². The number of hydrogen-bond acceptors (Lipinski definition) is 2. The Balaban J connectivity index is 0.000000210. The molecule has 0 bridgehead atoms. The van der Waals surface area contributed by atoms with Crippen LogP contribution in [0.5, 0.6) is 0 Å². The molecule has 0 aliphatic heterocycles. The molecule has 0 aliphatic carbocycles. The standard InChI is InChI=1S/C18H15P.C17H16NO.Au/c1-4-10-16(11-5-1)19(17-12-6-2-7-13-17)18-14-8-3-9-15-18;1-13-7-6-8-14(2)17(13)18-12-11-16(19)15-9-4-3-5-10-15;/h1-15H;3-10H,11H2,1-2H3;/q;-1;+1. The van der Waals surface area contributed by atoms with Gasteiger partial charge >= 0.3 is 22.4 Å². The minimum absolute atomic E-state index is 0. The molecule has 39 heavy (non-hydrogen) atoms. The van der Waals surface area contributed by atoms with Crippen molar-refractivity contribution in [2.45, 2.75) is 20.3 Å². The van der Waals surface area contributed by atoms with Gasteiger partial charge in [0.15, 0.2) is 5.78 Å². The number of rotatable bonds is 7. The predicted octanol–water partition coefficient (Wildman–Crippen LogP) is 7.60. The van der Waals surface area contributed by atoms with Crippen LogP contribution in [0.2, 0.25) is 0 Å². The maximum absolute atomic E-state index is 11.9. The Hall–Kier alpha value is -3.39. The number of nitrogens with zero attached hydrogens (tertiary/aromatic N) is 1. The summed E-state index contributed by atoms with van der Waals surface area (Å²) in [5, 5.41) is 4.19. The Labute approximate surface area is 249 Å². The molecular weight excluding hydrogens is 678 g/mol. The summed E-state index contributed by atoms with van der Waals surface area (Å²) in [4.78, 5) is 16.2. The van der Waals surface area contributed by atoms with Crippen molar-refractivity contribution in [2.75, 3.05) is 0 Å². The second-order valence-corrected chi connectivity index (χ2v) is 11.0. The van der Waals surface area contributed by atoms with E-state index < -0.39 is 7.92 Å². The quantitative estimate of drug-likeness (QED) is 0.0563. The average molecular weight is 710 g/mol. The van der Waals surface area contributed by atoms with Gasteiger partial charge in [0, 0.05) is 5.56 Å². The number of carbonyl (C=O) groups is 1. The Morgan fingerprint density at radius 1 is 0.590 bits per heavy atom. The zero-order chi connectivity index (χ0) is 26.6. The fourth-order valence-electron chi connectivity index (χ4n) is 4.08. The van der Waals surface area contributed by atoms with E-state index >= 15 is 0 Å². The molecular formula is C35H31AuNOP. The SMILES string of the molecule is Cc1cccc(C)c1N=[C-]CC(=O)c1ccccc1.[Au+].c1ccc(P(c2ccccc2)c2ccccc2)cc1. The molecule has 0 heterocycles. The molecule has 0 aromatic heterocycles. The van der Waals surface area contributed by atoms with Crippen molar-refractivity contribution in [3.63, 3.8) is 0 Å². The molecule has 2 nitrogen and oxygen atoms in total. The molecule has 5 aromatic rings. The summed E-state index contributed by atoms with van der Waals surface area (Å²) < 4.78 is 0. The predicted molar refractivity (Wildman–Crippen MR) is 164 cm³/mol. The summed E-state index contributed by atoms with van der Waals surface area (Å²) in [6.07, 6.45) is 3.06. The Morgan fingerprint density at radius 2 is 0.974 bits per heavy atom. The fraction of sp³-hybridized carbons (Fsp3) is 0.0857. The third-order valence-corrected chi connectivity index (χ3v) is 8.45. The van der Waals surface area contributed by atoms with Gasteiger partial charge in [-0.05, 0) is 30.3 Å². The second-order valence-electron chi connectivity index (χ2n) is 8.82.